The molecule has 0 aliphatic heterocycles. The van der Waals surface area contributed by atoms with E-state index in [0.717, 1.165) is 33.2 Å². The number of nitrogens with zero attached hydrogens (tertiary/aromatic N) is 1. The monoisotopic (exact) mass is 581 g/mol. The Morgan fingerprint density at radius 3 is 2.23 bits per heavy atom. The molecule has 0 aliphatic carbocycles. The minimum absolute atomic E-state index is 0.0214. The Bertz CT molecular complexity index is 1790. The van der Waals surface area contributed by atoms with Crippen molar-refractivity contribution in [3.8, 4) is 28.4 Å². The molecule has 0 spiro atoms. The lowest BCUT2D eigenvalue weighted by Crippen LogP contribution is -2.12. The maximum Gasteiger partial charge on any atom is 0.313 e. The summed E-state index contributed by atoms with van der Waals surface area (Å²) in [4.78, 5) is 35.0. The third kappa shape index (κ3) is 7.65. The lowest BCUT2D eigenvalue weighted by molar-refractivity contribution is -0.165. The van der Waals surface area contributed by atoms with Gasteiger partial charge in [-0.1, -0.05) is 42.5 Å². The van der Waals surface area contributed by atoms with Crippen LogP contribution in [0.1, 0.15) is 25.0 Å². The van der Waals surface area contributed by atoms with Crippen LogP contribution in [0, 0.1) is 5.82 Å². The average molecular weight is 582 g/mol. The molecular formula is C34H28FNO7. The predicted octanol–water partition coefficient (Wildman–Crippen LogP) is 6.82. The Morgan fingerprint density at radius 2 is 1.49 bits per heavy atom. The summed E-state index contributed by atoms with van der Waals surface area (Å²) in [7, 11) is 0. The predicted molar refractivity (Wildman–Crippen MR) is 157 cm³/mol. The highest BCUT2D eigenvalue weighted by Gasteiger charge is 2.15. The van der Waals surface area contributed by atoms with Gasteiger partial charge in [0.05, 0.1) is 6.42 Å². The van der Waals surface area contributed by atoms with E-state index in [9.17, 15) is 18.8 Å². The SMILES string of the molecule is CC(=O)OCOC(=O)Cc1cn(Cc2ccc(Oc3cccc(F)c3)cc2)c2cc(-c3cccc(OC(C)=O)c3)ccc12. The normalized spacial score (nSPS) is 10.8. The van der Waals surface area contributed by atoms with Crippen molar-refractivity contribution in [1.29, 1.82) is 0 Å². The number of rotatable bonds is 10. The molecule has 0 bridgehead atoms. The zero-order valence-electron chi connectivity index (χ0n) is 23.5. The molecule has 0 aliphatic rings. The third-order valence-corrected chi connectivity index (χ3v) is 6.52. The van der Waals surface area contributed by atoms with Crippen LogP contribution in [-0.4, -0.2) is 29.3 Å². The van der Waals surface area contributed by atoms with E-state index in [1.54, 1.807) is 24.3 Å². The minimum atomic E-state index is -0.540. The topological polar surface area (TPSA) is 93.1 Å². The summed E-state index contributed by atoms with van der Waals surface area (Å²) in [5.74, 6) is -0.439. The molecular weight excluding hydrogens is 553 g/mol. The van der Waals surface area contributed by atoms with Crippen molar-refractivity contribution in [2.24, 2.45) is 0 Å². The molecule has 4 aromatic carbocycles. The first-order valence-corrected chi connectivity index (χ1v) is 13.5. The summed E-state index contributed by atoms with van der Waals surface area (Å²) in [6.45, 7) is 2.63. The third-order valence-electron chi connectivity index (χ3n) is 6.52. The van der Waals surface area contributed by atoms with Crippen LogP contribution in [0.5, 0.6) is 17.2 Å². The summed E-state index contributed by atoms with van der Waals surface area (Å²) in [6.07, 6.45) is 1.88. The van der Waals surface area contributed by atoms with Crippen LogP contribution in [0.4, 0.5) is 4.39 Å². The van der Waals surface area contributed by atoms with E-state index in [1.807, 2.05) is 65.4 Å². The fourth-order valence-corrected chi connectivity index (χ4v) is 4.64. The second-order valence-corrected chi connectivity index (χ2v) is 9.79. The maximum atomic E-state index is 13.5. The zero-order chi connectivity index (χ0) is 30.3. The van der Waals surface area contributed by atoms with Crippen molar-refractivity contribution in [3.05, 3.63) is 114 Å². The van der Waals surface area contributed by atoms with E-state index in [2.05, 4.69) is 0 Å². The second kappa shape index (κ2) is 13.0. The highest BCUT2D eigenvalue weighted by Crippen LogP contribution is 2.31. The largest absolute Gasteiger partial charge is 0.457 e. The van der Waals surface area contributed by atoms with Crippen LogP contribution >= 0.6 is 0 Å². The van der Waals surface area contributed by atoms with Crippen molar-refractivity contribution >= 4 is 28.8 Å². The Morgan fingerprint density at radius 1 is 0.744 bits per heavy atom. The number of benzene rings is 4. The molecule has 5 aromatic rings. The molecule has 9 heteroatoms. The number of hydrogen-bond donors (Lipinski definition) is 0. The number of carbonyl (C=O) groups is 3. The van der Waals surface area contributed by atoms with Gasteiger partial charge < -0.3 is 23.5 Å². The van der Waals surface area contributed by atoms with E-state index in [1.165, 1.54) is 26.0 Å². The van der Waals surface area contributed by atoms with E-state index in [-0.39, 0.29) is 12.2 Å². The average Bonchev–Trinajstić information content (AvgIpc) is 3.29. The molecule has 0 unspecified atom stereocenters. The smallest absolute Gasteiger partial charge is 0.313 e. The molecule has 43 heavy (non-hydrogen) atoms. The number of hydrogen-bond acceptors (Lipinski definition) is 7. The van der Waals surface area contributed by atoms with E-state index < -0.39 is 24.7 Å². The molecule has 5 rings (SSSR count). The van der Waals surface area contributed by atoms with E-state index in [4.69, 9.17) is 18.9 Å². The molecule has 0 fully saturated rings. The highest BCUT2D eigenvalue weighted by molar-refractivity contribution is 5.91. The number of ether oxygens (including phenoxy) is 4. The Hall–Kier alpha value is -5.44. The molecule has 1 heterocycles. The molecule has 0 N–H and O–H groups in total. The first-order chi connectivity index (χ1) is 20.7. The second-order valence-electron chi connectivity index (χ2n) is 9.79. The summed E-state index contributed by atoms with van der Waals surface area (Å²) in [5.41, 5.74) is 4.33. The quantitative estimate of drug-likeness (QED) is 0.102. The van der Waals surface area contributed by atoms with Gasteiger partial charge in [-0.25, -0.2) is 4.39 Å². The molecule has 218 valence electrons. The molecule has 0 amide bonds. The van der Waals surface area contributed by atoms with Crippen molar-refractivity contribution in [3.63, 3.8) is 0 Å². The van der Waals surface area contributed by atoms with Crippen LogP contribution in [0.15, 0.2) is 97.2 Å². The van der Waals surface area contributed by atoms with Gasteiger partial charge in [-0.05, 0) is 64.7 Å². The minimum Gasteiger partial charge on any atom is -0.457 e. The van der Waals surface area contributed by atoms with Crippen molar-refractivity contribution in [1.82, 2.24) is 4.57 Å². The van der Waals surface area contributed by atoms with Gasteiger partial charge >= 0.3 is 17.9 Å². The van der Waals surface area contributed by atoms with Gasteiger partial charge in [-0.3, -0.25) is 14.4 Å². The Balaban J connectivity index is 1.44. The van der Waals surface area contributed by atoms with E-state index >= 15 is 0 Å². The molecule has 1 aromatic heterocycles. The van der Waals surface area contributed by atoms with Gasteiger partial charge in [0, 0.05) is 43.6 Å². The van der Waals surface area contributed by atoms with Gasteiger partial charge in [-0.2, -0.15) is 0 Å². The van der Waals surface area contributed by atoms with Crippen molar-refractivity contribution in [2.45, 2.75) is 26.8 Å². The lowest BCUT2D eigenvalue weighted by atomic mass is 10.0. The summed E-state index contributed by atoms with van der Waals surface area (Å²) < 4.78 is 36.4. The van der Waals surface area contributed by atoms with Crippen LogP contribution in [0.3, 0.4) is 0 Å². The highest BCUT2D eigenvalue weighted by atomic mass is 19.1. The number of fused-ring (bicyclic) bond motifs is 1. The van der Waals surface area contributed by atoms with Crippen LogP contribution < -0.4 is 9.47 Å². The fraction of sp³-hybridized carbons (Fsp3) is 0.147. The number of carbonyl (C=O) groups excluding carboxylic acids is 3. The summed E-state index contributed by atoms with van der Waals surface area (Å²) in [6, 6.07) is 26.5. The van der Waals surface area contributed by atoms with Crippen molar-refractivity contribution < 1.29 is 37.7 Å². The van der Waals surface area contributed by atoms with Crippen molar-refractivity contribution in [2.75, 3.05) is 6.79 Å². The maximum absolute atomic E-state index is 13.5. The fourth-order valence-electron chi connectivity index (χ4n) is 4.64. The molecule has 0 radical (unpaired) electrons. The summed E-state index contributed by atoms with van der Waals surface area (Å²) in [5, 5.41) is 0.857. The Labute approximate surface area is 247 Å². The molecule has 0 atom stereocenters. The zero-order valence-corrected chi connectivity index (χ0v) is 23.5. The van der Waals surface area contributed by atoms with Gasteiger partial charge in [-0.15, -0.1) is 0 Å². The number of halogens is 1. The molecule has 8 nitrogen and oxygen atoms in total. The lowest BCUT2D eigenvalue weighted by Gasteiger charge is -2.10. The van der Waals surface area contributed by atoms with Gasteiger partial charge in [0.15, 0.2) is 0 Å². The van der Waals surface area contributed by atoms with Crippen LogP contribution in [0.25, 0.3) is 22.0 Å². The Kier molecular flexibility index (Phi) is 8.81. The molecule has 0 saturated heterocycles. The van der Waals surface area contributed by atoms with Crippen LogP contribution in [0.2, 0.25) is 0 Å². The van der Waals surface area contributed by atoms with Gasteiger partial charge in [0.1, 0.15) is 23.1 Å². The standard InChI is InChI=1S/C34H28FNO7/c1-22(37)40-21-41-34(39)17-27-20-36(19-24-9-12-29(13-10-24)43-31-8-4-6-28(35)18-31)33-16-26(11-14-32(27)33)25-5-3-7-30(15-25)42-23(2)38/h3-16,18,20H,17,19,21H2,1-2H3. The van der Waals surface area contributed by atoms with Gasteiger partial charge in [0.2, 0.25) is 6.79 Å². The summed E-state index contributed by atoms with van der Waals surface area (Å²) >= 11 is 0. The first-order valence-electron chi connectivity index (χ1n) is 13.5. The number of aromatic nitrogens is 1. The van der Waals surface area contributed by atoms with E-state index in [0.29, 0.717) is 23.8 Å². The molecule has 0 saturated carbocycles. The number of esters is 3. The van der Waals surface area contributed by atoms with Gasteiger partial charge in [0.25, 0.3) is 0 Å². The first kappa shape index (κ1) is 29.1. The van der Waals surface area contributed by atoms with Crippen LogP contribution in [-0.2, 0) is 36.8 Å².